The van der Waals surface area contributed by atoms with E-state index < -0.39 is 5.97 Å². The number of esters is 1. The molecule has 184 valence electrons. The SMILES string of the molecule is COC(=O)c1ccc(C(=O)Cc2cccc(CN3CCCC(Cc4ccc5[nH]ncc5c4)C3)c2)cc1. The fraction of sp³-hybridized carbons (Fsp3) is 0.300. The van der Waals surface area contributed by atoms with Crippen LogP contribution in [0.25, 0.3) is 10.9 Å². The Morgan fingerprint density at radius 1 is 1.00 bits per heavy atom. The summed E-state index contributed by atoms with van der Waals surface area (Å²) >= 11 is 0. The van der Waals surface area contributed by atoms with Gasteiger partial charge in [-0.15, -0.1) is 0 Å². The Labute approximate surface area is 211 Å². The Morgan fingerprint density at radius 3 is 2.64 bits per heavy atom. The van der Waals surface area contributed by atoms with E-state index in [-0.39, 0.29) is 5.78 Å². The number of methoxy groups -OCH3 is 1. The van der Waals surface area contributed by atoms with Crippen LogP contribution in [0.5, 0.6) is 0 Å². The van der Waals surface area contributed by atoms with Gasteiger partial charge in [0.25, 0.3) is 0 Å². The molecule has 0 saturated carbocycles. The van der Waals surface area contributed by atoms with Crippen molar-refractivity contribution in [3.05, 3.63) is 101 Å². The maximum Gasteiger partial charge on any atom is 0.337 e. The smallest absolute Gasteiger partial charge is 0.337 e. The topological polar surface area (TPSA) is 75.3 Å². The molecule has 6 heteroatoms. The van der Waals surface area contributed by atoms with Gasteiger partial charge in [-0.2, -0.15) is 5.10 Å². The van der Waals surface area contributed by atoms with Crippen molar-refractivity contribution in [2.24, 2.45) is 5.92 Å². The molecule has 0 radical (unpaired) electrons. The predicted molar refractivity (Wildman–Crippen MR) is 140 cm³/mol. The van der Waals surface area contributed by atoms with E-state index in [1.165, 1.54) is 36.5 Å². The molecule has 1 saturated heterocycles. The molecule has 36 heavy (non-hydrogen) atoms. The van der Waals surface area contributed by atoms with Crippen LogP contribution in [0.1, 0.15) is 50.2 Å². The third-order valence-electron chi connectivity index (χ3n) is 7.02. The summed E-state index contributed by atoms with van der Waals surface area (Å²) in [6.45, 7) is 3.08. The zero-order valence-corrected chi connectivity index (χ0v) is 20.6. The fourth-order valence-electron chi connectivity index (χ4n) is 5.21. The summed E-state index contributed by atoms with van der Waals surface area (Å²) in [6.07, 6.45) is 5.77. The second-order valence-electron chi connectivity index (χ2n) is 9.73. The molecule has 4 aromatic rings. The standard InChI is InChI=1S/C30H31N3O3/c1-36-30(35)26-10-8-25(9-11-26)29(34)17-21-4-2-5-23(14-21)19-33-13-3-6-24(20-33)15-22-7-12-28-27(16-22)18-31-32-28/h2,4-5,7-12,14,16,18,24H,3,6,13,15,17,19-20H2,1H3,(H,31,32). The lowest BCUT2D eigenvalue weighted by atomic mass is 9.90. The summed E-state index contributed by atoms with van der Waals surface area (Å²) in [4.78, 5) is 27.0. The van der Waals surface area contributed by atoms with E-state index in [4.69, 9.17) is 4.74 Å². The molecule has 0 aliphatic carbocycles. The number of nitrogens with zero attached hydrogens (tertiary/aromatic N) is 2. The Bertz CT molecular complexity index is 1360. The molecule has 1 N–H and O–H groups in total. The first kappa shape index (κ1) is 23.9. The molecule has 0 spiro atoms. The van der Waals surface area contributed by atoms with Gasteiger partial charge in [0, 0.05) is 30.5 Å². The summed E-state index contributed by atoms with van der Waals surface area (Å²) in [5.41, 5.74) is 5.74. The molecule has 3 aromatic carbocycles. The number of H-pyrrole nitrogens is 1. The van der Waals surface area contributed by atoms with Crippen LogP contribution in [0.15, 0.2) is 72.9 Å². The number of Topliss-reactive ketones (excluding diaryl/α,β-unsaturated/α-hetero) is 1. The van der Waals surface area contributed by atoms with Gasteiger partial charge in [0.2, 0.25) is 0 Å². The Hall–Kier alpha value is -3.77. The zero-order chi connectivity index (χ0) is 24.9. The van der Waals surface area contributed by atoms with Gasteiger partial charge in [0.05, 0.1) is 24.4 Å². The number of ether oxygens (including phenoxy) is 1. The van der Waals surface area contributed by atoms with Crippen molar-refractivity contribution in [2.75, 3.05) is 20.2 Å². The lowest BCUT2D eigenvalue weighted by Crippen LogP contribution is -2.35. The van der Waals surface area contributed by atoms with Crippen LogP contribution in [-0.4, -0.2) is 47.0 Å². The minimum Gasteiger partial charge on any atom is -0.465 e. The van der Waals surface area contributed by atoms with Crippen LogP contribution in [-0.2, 0) is 24.1 Å². The number of nitrogens with one attached hydrogen (secondary N) is 1. The molecule has 1 aliphatic heterocycles. The average molecular weight is 482 g/mol. The Kier molecular flexibility index (Phi) is 7.23. The third kappa shape index (κ3) is 5.71. The predicted octanol–water partition coefficient (Wildman–Crippen LogP) is 5.23. The molecule has 0 bridgehead atoms. The van der Waals surface area contributed by atoms with E-state index in [1.807, 2.05) is 18.3 Å². The molecular weight excluding hydrogens is 450 g/mol. The van der Waals surface area contributed by atoms with Crippen molar-refractivity contribution >= 4 is 22.7 Å². The third-order valence-corrected chi connectivity index (χ3v) is 7.02. The minimum absolute atomic E-state index is 0.0381. The molecule has 2 heterocycles. The molecule has 1 atom stereocenters. The van der Waals surface area contributed by atoms with Gasteiger partial charge in [0.1, 0.15) is 0 Å². The fourth-order valence-corrected chi connectivity index (χ4v) is 5.21. The van der Waals surface area contributed by atoms with Crippen molar-refractivity contribution in [1.82, 2.24) is 15.1 Å². The lowest BCUT2D eigenvalue weighted by Gasteiger charge is -2.33. The van der Waals surface area contributed by atoms with Crippen LogP contribution in [0, 0.1) is 5.92 Å². The number of hydrogen-bond acceptors (Lipinski definition) is 5. The van der Waals surface area contributed by atoms with Crippen LogP contribution >= 0.6 is 0 Å². The second kappa shape index (κ2) is 10.9. The monoisotopic (exact) mass is 481 g/mol. The van der Waals surface area contributed by atoms with Crippen LogP contribution in [0.4, 0.5) is 0 Å². The maximum absolute atomic E-state index is 12.8. The van der Waals surface area contributed by atoms with Crippen molar-refractivity contribution in [1.29, 1.82) is 0 Å². The van der Waals surface area contributed by atoms with Gasteiger partial charge < -0.3 is 4.74 Å². The number of aromatic nitrogens is 2. The average Bonchev–Trinajstić information content (AvgIpc) is 3.37. The number of rotatable bonds is 8. The first-order valence-corrected chi connectivity index (χ1v) is 12.5. The summed E-state index contributed by atoms with van der Waals surface area (Å²) in [5, 5.41) is 8.33. The van der Waals surface area contributed by atoms with Crippen molar-refractivity contribution in [3.8, 4) is 0 Å². The van der Waals surface area contributed by atoms with Crippen LogP contribution in [0.3, 0.4) is 0 Å². The molecule has 1 aliphatic rings. The number of carbonyl (C=O) groups excluding carboxylic acids is 2. The summed E-state index contributed by atoms with van der Waals surface area (Å²) < 4.78 is 4.73. The Balaban J connectivity index is 1.18. The summed E-state index contributed by atoms with van der Waals surface area (Å²) in [7, 11) is 1.35. The largest absolute Gasteiger partial charge is 0.465 e. The highest BCUT2D eigenvalue weighted by Crippen LogP contribution is 2.24. The van der Waals surface area contributed by atoms with Crippen molar-refractivity contribution in [3.63, 3.8) is 0 Å². The molecule has 0 amide bonds. The number of benzene rings is 3. The van der Waals surface area contributed by atoms with Gasteiger partial charge in [-0.3, -0.25) is 14.8 Å². The first-order chi connectivity index (χ1) is 17.6. The molecule has 1 fully saturated rings. The molecule has 1 unspecified atom stereocenters. The highest BCUT2D eigenvalue weighted by atomic mass is 16.5. The van der Waals surface area contributed by atoms with Gasteiger partial charge in [-0.25, -0.2) is 4.79 Å². The van der Waals surface area contributed by atoms with Gasteiger partial charge in [-0.05, 0) is 72.7 Å². The highest BCUT2D eigenvalue weighted by molar-refractivity contribution is 5.98. The van der Waals surface area contributed by atoms with Gasteiger partial charge in [0.15, 0.2) is 5.78 Å². The molecule has 5 rings (SSSR count). The summed E-state index contributed by atoms with van der Waals surface area (Å²) in [5.74, 6) is 0.276. The van der Waals surface area contributed by atoms with Crippen molar-refractivity contribution < 1.29 is 14.3 Å². The highest BCUT2D eigenvalue weighted by Gasteiger charge is 2.21. The quantitative estimate of drug-likeness (QED) is 0.276. The van der Waals surface area contributed by atoms with Gasteiger partial charge >= 0.3 is 5.97 Å². The summed E-state index contributed by atoms with van der Waals surface area (Å²) in [6, 6.07) is 21.6. The molecular formula is C30H31N3O3. The minimum atomic E-state index is -0.402. The Morgan fingerprint density at radius 2 is 1.81 bits per heavy atom. The number of fused-ring (bicyclic) bond motifs is 1. The van der Waals surface area contributed by atoms with E-state index in [1.54, 1.807) is 24.3 Å². The second-order valence-corrected chi connectivity index (χ2v) is 9.73. The van der Waals surface area contributed by atoms with Crippen LogP contribution in [0.2, 0.25) is 0 Å². The lowest BCUT2D eigenvalue weighted by molar-refractivity contribution is 0.0600. The molecule has 6 nitrogen and oxygen atoms in total. The maximum atomic E-state index is 12.8. The normalized spacial score (nSPS) is 16.2. The van der Waals surface area contributed by atoms with E-state index in [0.29, 0.717) is 23.5 Å². The number of carbonyl (C=O) groups is 2. The number of likely N-dealkylation sites (tertiary alicyclic amines) is 1. The van der Waals surface area contributed by atoms with Gasteiger partial charge in [-0.1, -0.05) is 42.5 Å². The van der Waals surface area contributed by atoms with E-state index in [2.05, 4.69) is 45.4 Å². The van der Waals surface area contributed by atoms with E-state index in [0.717, 1.165) is 37.1 Å². The number of aromatic amines is 1. The zero-order valence-electron chi connectivity index (χ0n) is 20.6. The van der Waals surface area contributed by atoms with E-state index in [9.17, 15) is 9.59 Å². The molecule has 1 aromatic heterocycles. The first-order valence-electron chi connectivity index (χ1n) is 12.5. The van der Waals surface area contributed by atoms with Crippen molar-refractivity contribution in [2.45, 2.75) is 32.2 Å². The number of piperidine rings is 1. The van der Waals surface area contributed by atoms with E-state index >= 15 is 0 Å². The number of hydrogen-bond donors (Lipinski definition) is 1. The van der Waals surface area contributed by atoms with Crippen LogP contribution < -0.4 is 0 Å². The number of ketones is 1.